The standard InChI is InChI=1S/C25H26N4O5S/c1-4-5-20-24(25-26-22(31)12-13-23(32)29(25)27-20)18-7-6-15(2)21(14-18)35(33,34)28-19-10-8-17(9-11-19)16(3)30/h6-11,14,28H,4-5,12-13H2,1-3H3,(H,26,31). The van der Waals surface area contributed by atoms with Gasteiger partial charge in [-0.2, -0.15) is 9.78 Å². The number of benzene rings is 2. The van der Waals surface area contributed by atoms with Crippen LogP contribution in [0, 0.1) is 6.92 Å². The number of nitrogens with zero attached hydrogens (tertiary/aromatic N) is 2. The van der Waals surface area contributed by atoms with Gasteiger partial charge in [-0.3, -0.25) is 19.1 Å². The molecule has 1 aliphatic rings. The Morgan fingerprint density at radius 2 is 1.83 bits per heavy atom. The molecule has 2 N–H and O–H groups in total. The van der Waals surface area contributed by atoms with E-state index in [1.165, 1.54) is 29.8 Å². The monoisotopic (exact) mass is 494 g/mol. The van der Waals surface area contributed by atoms with E-state index in [4.69, 9.17) is 0 Å². The Balaban J connectivity index is 1.79. The largest absolute Gasteiger partial charge is 0.310 e. The molecule has 0 saturated heterocycles. The van der Waals surface area contributed by atoms with Crippen molar-refractivity contribution in [1.29, 1.82) is 0 Å². The Morgan fingerprint density at radius 3 is 2.49 bits per heavy atom. The van der Waals surface area contributed by atoms with Gasteiger partial charge in [0.1, 0.15) is 5.82 Å². The first-order valence-electron chi connectivity index (χ1n) is 11.3. The lowest BCUT2D eigenvalue weighted by atomic mass is 10.0. The fourth-order valence-electron chi connectivity index (χ4n) is 4.02. The quantitative estimate of drug-likeness (QED) is 0.474. The summed E-state index contributed by atoms with van der Waals surface area (Å²) in [7, 11) is -3.98. The van der Waals surface area contributed by atoms with E-state index in [-0.39, 0.29) is 41.2 Å². The van der Waals surface area contributed by atoms with Gasteiger partial charge < -0.3 is 5.32 Å². The molecule has 0 bridgehead atoms. The Hall–Kier alpha value is -3.79. The van der Waals surface area contributed by atoms with Gasteiger partial charge in [-0.1, -0.05) is 25.5 Å². The Morgan fingerprint density at radius 1 is 1.11 bits per heavy atom. The number of carbonyl (C=O) groups is 3. The van der Waals surface area contributed by atoms with Crippen LogP contribution in [0.4, 0.5) is 11.5 Å². The summed E-state index contributed by atoms with van der Waals surface area (Å²) in [5.41, 5.74) is 3.01. The zero-order valence-corrected chi connectivity index (χ0v) is 20.5. The van der Waals surface area contributed by atoms with Crippen LogP contribution in [-0.2, 0) is 21.2 Å². The third-order valence-corrected chi connectivity index (χ3v) is 7.34. The predicted molar refractivity (Wildman–Crippen MR) is 132 cm³/mol. The average molecular weight is 495 g/mol. The first-order valence-corrected chi connectivity index (χ1v) is 12.8. The number of ketones is 1. The highest BCUT2D eigenvalue weighted by atomic mass is 32.2. The van der Waals surface area contributed by atoms with Gasteiger partial charge in [0.25, 0.3) is 10.0 Å². The van der Waals surface area contributed by atoms with Crippen LogP contribution in [0.2, 0.25) is 0 Å². The summed E-state index contributed by atoms with van der Waals surface area (Å²) >= 11 is 0. The number of aromatic nitrogens is 2. The van der Waals surface area contributed by atoms with E-state index in [2.05, 4.69) is 15.1 Å². The van der Waals surface area contributed by atoms with Gasteiger partial charge in [-0.05, 0) is 61.7 Å². The predicted octanol–water partition coefficient (Wildman–Crippen LogP) is 4.19. The summed E-state index contributed by atoms with van der Waals surface area (Å²) in [6, 6.07) is 11.2. The number of nitrogens with one attached hydrogen (secondary N) is 2. The highest BCUT2D eigenvalue weighted by molar-refractivity contribution is 7.92. The number of carbonyl (C=O) groups excluding carboxylic acids is 3. The van der Waals surface area contributed by atoms with E-state index < -0.39 is 10.0 Å². The SMILES string of the molecule is CCCc1nn2c(c1-c1ccc(C)c(S(=O)(=O)Nc3ccc(C(C)=O)cc3)c1)NC(=O)CCC2=O. The van der Waals surface area contributed by atoms with Crippen LogP contribution in [0.1, 0.15) is 59.5 Å². The third kappa shape index (κ3) is 4.88. The zero-order valence-electron chi connectivity index (χ0n) is 19.7. The van der Waals surface area contributed by atoms with Gasteiger partial charge in [-0.25, -0.2) is 8.42 Å². The lowest BCUT2D eigenvalue weighted by Gasteiger charge is -2.13. The second-order valence-electron chi connectivity index (χ2n) is 8.49. The molecule has 9 nitrogen and oxygen atoms in total. The molecule has 1 aliphatic heterocycles. The normalized spacial score (nSPS) is 13.7. The number of fused-ring (bicyclic) bond motifs is 1. The topological polar surface area (TPSA) is 127 Å². The van der Waals surface area contributed by atoms with Crippen molar-refractivity contribution in [2.24, 2.45) is 0 Å². The highest BCUT2D eigenvalue weighted by Crippen LogP contribution is 2.36. The molecule has 182 valence electrons. The van der Waals surface area contributed by atoms with E-state index in [0.717, 1.165) is 6.42 Å². The second-order valence-corrected chi connectivity index (χ2v) is 10.1. The third-order valence-electron chi connectivity index (χ3n) is 5.81. The lowest BCUT2D eigenvalue weighted by Crippen LogP contribution is -2.15. The Kier molecular flexibility index (Phi) is 6.58. The van der Waals surface area contributed by atoms with Crippen molar-refractivity contribution >= 4 is 39.1 Å². The maximum Gasteiger partial charge on any atom is 0.262 e. The molecule has 0 aliphatic carbocycles. The van der Waals surface area contributed by atoms with Crippen molar-refractivity contribution in [3.63, 3.8) is 0 Å². The molecular formula is C25H26N4O5S. The summed E-state index contributed by atoms with van der Waals surface area (Å²) in [5, 5.41) is 7.23. The minimum Gasteiger partial charge on any atom is -0.310 e. The van der Waals surface area contributed by atoms with Gasteiger partial charge in [0, 0.05) is 29.7 Å². The molecule has 0 spiro atoms. The molecule has 0 radical (unpaired) electrons. The van der Waals surface area contributed by atoms with Crippen molar-refractivity contribution in [2.45, 2.75) is 51.3 Å². The van der Waals surface area contributed by atoms with E-state index in [0.29, 0.717) is 40.1 Å². The van der Waals surface area contributed by atoms with Crippen molar-refractivity contribution in [3.8, 4) is 11.1 Å². The molecule has 2 aromatic carbocycles. The fourth-order valence-corrected chi connectivity index (χ4v) is 5.35. The van der Waals surface area contributed by atoms with Gasteiger partial charge in [-0.15, -0.1) is 0 Å². The smallest absolute Gasteiger partial charge is 0.262 e. The second kappa shape index (κ2) is 9.46. The van der Waals surface area contributed by atoms with Gasteiger partial charge in [0.05, 0.1) is 10.6 Å². The molecule has 1 amide bonds. The van der Waals surface area contributed by atoms with Crippen molar-refractivity contribution in [2.75, 3.05) is 10.0 Å². The van der Waals surface area contributed by atoms with Crippen LogP contribution in [-0.4, -0.2) is 35.8 Å². The maximum atomic E-state index is 13.3. The number of sulfonamides is 1. The van der Waals surface area contributed by atoms with Crippen LogP contribution >= 0.6 is 0 Å². The molecule has 35 heavy (non-hydrogen) atoms. The van der Waals surface area contributed by atoms with Crippen LogP contribution < -0.4 is 10.0 Å². The minimum atomic E-state index is -3.98. The summed E-state index contributed by atoms with van der Waals surface area (Å²) < 4.78 is 30.4. The van der Waals surface area contributed by atoms with Crippen molar-refractivity contribution in [3.05, 3.63) is 59.3 Å². The highest BCUT2D eigenvalue weighted by Gasteiger charge is 2.28. The Labute approximate surface area is 203 Å². The molecule has 2 heterocycles. The minimum absolute atomic E-state index is 0.0470. The van der Waals surface area contributed by atoms with Crippen LogP contribution in [0.25, 0.3) is 11.1 Å². The Bertz CT molecular complexity index is 1440. The molecule has 0 atom stereocenters. The molecule has 1 aromatic heterocycles. The molecule has 0 saturated carbocycles. The number of hydrogen-bond acceptors (Lipinski definition) is 6. The fraction of sp³-hybridized carbons (Fsp3) is 0.280. The zero-order chi connectivity index (χ0) is 25.3. The summed E-state index contributed by atoms with van der Waals surface area (Å²) in [6.07, 6.45) is 1.41. The molecule has 0 unspecified atom stereocenters. The molecule has 3 aromatic rings. The lowest BCUT2D eigenvalue weighted by molar-refractivity contribution is -0.116. The summed E-state index contributed by atoms with van der Waals surface area (Å²) in [5.74, 6) is -0.438. The average Bonchev–Trinajstić information content (AvgIpc) is 3.08. The molecule has 4 rings (SSSR count). The number of aryl methyl sites for hydroxylation is 2. The number of Topliss-reactive ketones (excluding diaryl/α,β-unsaturated/α-hetero) is 1. The molecule has 10 heteroatoms. The van der Waals surface area contributed by atoms with E-state index in [9.17, 15) is 22.8 Å². The van der Waals surface area contributed by atoms with Gasteiger partial charge in [0.15, 0.2) is 5.78 Å². The van der Waals surface area contributed by atoms with Gasteiger partial charge in [0.2, 0.25) is 11.8 Å². The van der Waals surface area contributed by atoms with Crippen LogP contribution in [0.3, 0.4) is 0 Å². The number of rotatable bonds is 7. The summed E-state index contributed by atoms with van der Waals surface area (Å²) in [4.78, 5) is 36.4. The number of anilines is 2. The van der Waals surface area contributed by atoms with Gasteiger partial charge >= 0.3 is 0 Å². The number of amides is 1. The maximum absolute atomic E-state index is 13.3. The van der Waals surface area contributed by atoms with Crippen molar-refractivity contribution in [1.82, 2.24) is 9.78 Å². The number of hydrogen-bond donors (Lipinski definition) is 2. The molecule has 0 fully saturated rings. The van der Waals surface area contributed by atoms with Crippen LogP contribution in [0.15, 0.2) is 47.4 Å². The summed E-state index contributed by atoms with van der Waals surface area (Å²) in [6.45, 7) is 5.10. The first kappa shape index (κ1) is 24.3. The first-order chi connectivity index (χ1) is 16.6. The van der Waals surface area contributed by atoms with E-state index >= 15 is 0 Å². The van der Waals surface area contributed by atoms with Crippen LogP contribution in [0.5, 0.6) is 0 Å². The van der Waals surface area contributed by atoms with Crippen molar-refractivity contribution < 1.29 is 22.8 Å². The van der Waals surface area contributed by atoms with E-state index in [1.807, 2.05) is 6.92 Å². The molecular weight excluding hydrogens is 468 g/mol. The van der Waals surface area contributed by atoms with E-state index in [1.54, 1.807) is 31.2 Å².